The monoisotopic (exact) mass is 266 g/mol. The van der Waals surface area contributed by atoms with E-state index in [2.05, 4.69) is 12.2 Å². The number of hydrogen-bond acceptors (Lipinski definition) is 3. The fourth-order valence-electron chi connectivity index (χ4n) is 1.58. The van der Waals surface area contributed by atoms with Gasteiger partial charge in [-0.15, -0.1) is 11.8 Å². The topological polar surface area (TPSA) is 55.1 Å². The van der Waals surface area contributed by atoms with Gasteiger partial charge in [-0.2, -0.15) is 0 Å². The summed E-state index contributed by atoms with van der Waals surface area (Å²) in [5.74, 6) is 0.0959. The third-order valence-corrected chi connectivity index (χ3v) is 3.71. The minimum Gasteiger partial charge on any atom is -0.399 e. The van der Waals surface area contributed by atoms with Gasteiger partial charge >= 0.3 is 0 Å². The van der Waals surface area contributed by atoms with Crippen molar-refractivity contribution in [3.8, 4) is 0 Å². The molecule has 0 bridgehead atoms. The molecule has 0 aliphatic rings. The average molecular weight is 266 g/mol. The molecule has 0 radical (unpaired) electrons. The molecule has 1 unspecified atom stereocenters. The molecule has 3 nitrogen and oxygen atoms in total. The van der Waals surface area contributed by atoms with Crippen LogP contribution in [-0.4, -0.2) is 17.7 Å². The molecule has 1 aromatic rings. The van der Waals surface area contributed by atoms with E-state index < -0.39 is 0 Å². The Morgan fingerprint density at radius 2 is 2.22 bits per heavy atom. The fourth-order valence-corrected chi connectivity index (χ4v) is 2.54. The predicted molar refractivity (Wildman–Crippen MR) is 78.7 cm³/mol. The Kier molecular flexibility index (Phi) is 6.65. The number of carbonyl (C=O) groups excluding carboxylic acids is 1. The maximum absolute atomic E-state index is 11.8. The quantitative estimate of drug-likeness (QED) is 0.453. The summed E-state index contributed by atoms with van der Waals surface area (Å²) in [4.78, 5) is 12.9. The second kappa shape index (κ2) is 8.03. The van der Waals surface area contributed by atoms with Crippen molar-refractivity contribution in [1.82, 2.24) is 5.32 Å². The summed E-state index contributed by atoms with van der Waals surface area (Å²) in [5, 5.41) is 2.87. The van der Waals surface area contributed by atoms with Crippen LogP contribution in [0.1, 0.15) is 33.1 Å². The summed E-state index contributed by atoms with van der Waals surface area (Å²) < 4.78 is 0. The molecular formula is C14H22N2OS. The van der Waals surface area contributed by atoms with E-state index in [1.54, 1.807) is 0 Å². The number of thioether (sulfide) groups is 1. The summed E-state index contributed by atoms with van der Waals surface area (Å²) in [6, 6.07) is 7.62. The van der Waals surface area contributed by atoms with Crippen molar-refractivity contribution in [2.24, 2.45) is 0 Å². The van der Waals surface area contributed by atoms with E-state index in [1.165, 1.54) is 18.2 Å². The third-order valence-electron chi connectivity index (χ3n) is 2.62. The van der Waals surface area contributed by atoms with Gasteiger partial charge in [-0.3, -0.25) is 4.79 Å². The van der Waals surface area contributed by atoms with E-state index >= 15 is 0 Å². The van der Waals surface area contributed by atoms with E-state index in [4.69, 9.17) is 5.73 Å². The Morgan fingerprint density at radius 3 is 2.89 bits per heavy atom. The molecule has 3 N–H and O–H groups in total. The van der Waals surface area contributed by atoms with Gasteiger partial charge in [0.25, 0.3) is 0 Å². The van der Waals surface area contributed by atoms with Crippen LogP contribution in [0.3, 0.4) is 0 Å². The molecule has 0 aliphatic heterocycles. The van der Waals surface area contributed by atoms with Crippen molar-refractivity contribution in [3.05, 3.63) is 24.3 Å². The zero-order valence-electron chi connectivity index (χ0n) is 11.1. The third kappa shape index (κ3) is 5.45. The van der Waals surface area contributed by atoms with Crippen molar-refractivity contribution < 1.29 is 4.79 Å². The molecule has 0 saturated heterocycles. The Balaban J connectivity index is 2.35. The lowest BCUT2D eigenvalue weighted by molar-refractivity contribution is -0.120. The number of nitrogens with one attached hydrogen (secondary N) is 1. The van der Waals surface area contributed by atoms with Crippen molar-refractivity contribution in [1.29, 1.82) is 0 Å². The van der Waals surface area contributed by atoms with E-state index in [1.807, 2.05) is 31.2 Å². The summed E-state index contributed by atoms with van der Waals surface area (Å²) in [6.07, 6.45) is 3.39. The van der Waals surface area contributed by atoms with Crippen LogP contribution in [0.4, 0.5) is 5.69 Å². The predicted octanol–water partition coefficient (Wildman–Crippen LogP) is 3.06. The lowest BCUT2D eigenvalue weighted by Crippen LogP contribution is -2.31. The van der Waals surface area contributed by atoms with Crippen LogP contribution in [0.15, 0.2) is 29.2 Å². The largest absolute Gasteiger partial charge is 0.399 e. The normalized spacial score (nSPS) is 12.1. The van der Waals surface area contributed by atoms with Crippen LogP contribution < -0.4 is 11.1 Å². The number of unbranched alkanes of at least 4 members (excludes halogenated alkanes) is 2. The first-order valence-corrected chi connectivity index (χ1v) is 7.31. The Morgan fingerprint density at radius 1 is 1.44 bits per heavy atom. The lowest BCUT2D eigenvalue weighted by atomic mass is 10.2. The van der Waals surface area contributed by atoms with E-state index in [-0.39, 0.29) is 11.2 Å². The molecule has 0 saturated carbocycles. The highest BCUT2D eigenvalue weighted by molar-refractivity contribution is 8.00. The van der Waals surface area contributed by atoms with E-state index in [0.717, 1.165) is 30.0 Å². The zero-order valence-corrected chi connectivity index (χ0v) is 11.9. The summed E-state index contributed by atoms with van der Waals surface area (Å²) >= 11 is 1.54. The maximum Gasteiger partial charge on any atom is 0.233 e. The molecular weight excluding hydrogens is 244 g/mol. The number of benzene rings is 1. The van der Waals surface area contributed by atoms with Crippen molar-refractivity contribution in [3.63, 3.8) is 0 Å². The highest BCUT2D eigenvalue weighted by atomic mass is 32.2. The van der Waals surface area contributed by atoms with Gasteiger partial charge < -0.3 is 11.1 Å². The van der Waals surface area contributed by atoms with Gasteiger partial charge in [0.05, 0.1) is 5.25 Å². The van der Waals surface area contributed by atoms with Crippen LogP contribution in [0, 0.1) is 0 Å². The van der Waals surface area contributed by atoms with Crippen LogP contribution in [0.25, 0.3) is 0 Å². The van der Waals surface area contributed by atoms with Gasteiger partial charge in [0.15, 0.2) is 0 Å². The minimum atomic E-state index is -0.0894. The summed E-state index contributed by atoms with van der Waals surface area (Å²) in [7, 11) is 0. The van der Waals surface area contributed by atoms with Crippen LogP contribution in [0.5, 0.6) is 0 Å². The number of rotatable bonds is 7. The number of amides is 1. The van der Waals surface area contributed by atoms with E-state index in [9.17, 15) is 4.79 Å². The minimum absolute atomic E-state index is 0.0894. The fraction of sp³-hybridized carbons (Fsp3) is 0.500. The van der Waals surface area contributed by atoms with E-state index in [0.29, 0.717) is 0 Å². The second-order valence-electron chi connectivity index (χ2n) is 4.33. The van der Waals surface area contributed by atoms with Gasteiger partial charge in [0.2, 0.25) is 5.91 Å². The van der Waals surface area contributed by atoms with Crippen molar-refractivity contribution in [2.75, 3.05) is 12.3 Å². The molecule has 1 aromatic carbocycles. The first kappa shape index (κ1) is 14.9. The summed E-state index contributed by atoms with van der Waals surface area (Å²) in [6.45, 7) is 4.84. The number of nitrogen functional groups attached to an aromatic ring is 1. The Bertz CT molecular complexity index is 382. The number of nitrogens with two attached hydrogens (primary N) is 1. The van der Waals surface area contributed by atoms with Crippen molar-refractivity contribution in [2.45, 2.75) is 43.3 Å². The molecule has 1 amide bonds. The highest BCUT2D eigenvalue weighted by Crippen LogP contribution is 2.24. The smallest absolute Gasteiger partial charge is 0.233 e. The molecule has 0 fully saturated rings. The molecule has 18 heavy (non-hydrogen) atoms. The van der Waals surface area contributed by atoms with Crippen LogP contribution in [0.2, 0.25) is 0 Å². The first-order valence-electron chi connectivity index (χ1n) is 6.43. The SMILES string of the molecule is CCCCCNC(=O)C(C)Sc1cccc(N)c1. The van der Waals surface area contributed by atoms with Gasteiger partial charge in [-0.1, -0.05) is 25.8 Å². The van der Waals surface area contributed by atoms with Crippen molar-refractivity contribution >= 4 is 23.4 Å². The number of anilines is 1. The standard InChI is InChI=1S/C14H22N2OS/c1-3-4-5-9-16-14(17)11(2)18-13-8-6-7-12(15)10-13/h6-8,10-11H,3-5,9,15H2,1-2H3,(H,16,17). The Hall–Kier alpha value is -1.16. The number of hydrogen-bond donors (Lipinski definition) is 2. The van der Waals surface area contributed by atoms with Crippen LogP contribution in [-0.2, 0) is 4.79 Å². The molecule has 0 spiro atoms. The molecule has 100 valence electrons. The van der Waals surface area contributed by atoms with Gasteiger partial charge in [-0.25, -0.2) is 0 Å². The lowest BCUT2D eigenvalue weighted by Gasteiger charge is -2.12. The van der Waals surface area contributed by atoms with Gasteiger partial charge in [-0.05, 0) is 31.5 Å². The number of carbonyl (C=O) groups is 1. The molecule has 1 atom stereocenters. The average Bonchev–Trinajstić information content (AvgIpc) is 2.34. The molecule has 1 rings (SSSR count). The molecule has 0 aliphatic carbocycles. The van der Waals surface area contributed by atoms with Crippen LogP contribution >= 0.6 is 11.8 Å². The highest BCUT2D eigenvalue weighted by Gasteiger charge is 2.13. The molecule has 0 aromatic heterocycles. The van der Waals surface area contributed by atoms with Gasteiger partial charge in [0.1, 0.15) is 0 Å². The summed E-state index contributed by atoms with van der Waals surface area (Å²) in [5.41, 5.74) is 6.44. The maximum atomic E-state index is 11.8. The second-order valence-corrected chi connectivity index (χ2v) is 5.74. The molecule has 4 heteroatoms. The van der Waals surface area contributed by atoms with Gasteiger partial charge in [0, 0.05) is 17.1 Å². The Labute approximate surface area is 114 Å². The molecule has 0 heterocycles. The zero-order chi connectivity index (χ0) is 13.4. The first-order chi connectivity index (χ1) is 8.63.